The van der Waals surface area contributed by atoms with Crippen molar-refractivity contribution in [1.29, 1.82) is 5.26 Å². The van der Waals surface area contributed by atoms with Crippen LogP contribution in [-0.4, -0.2) is 21.1 Å². The molecule has 0 bridgehead atoms. The zero-order valence-corrected chi connectivity index (χ0v) is 7.66. The number of pyridine rings is 1. The molecule has 2 aromatic heterocycles. The average molecular weight is 198 g/mol. The summed E-state index contributed by atoms with van der Waals surface area (Å²) in [5.74, 6) is 0.516. The quantitative estimate of drug-likeness (QED) is 0.673. The molecule has 0 saturated carbocycles. The molecule has 2 heterocycles. The first-order valence-corrected chi connectivity index (χ1v) is 4.20. The third kappa shape index (κ3) is 1.74. The Bertz CT molecular complexity index is 538. The van der Waals surface area contributed by atoms with Gasteiger partial charge in [-0.25, -0.2) is 9.67 Å². The lowest BCUT2D eigenvalue weighted by molar-refractivity contribution is 0.112. The molecular formula is C10H6N4O. The molecule has 0 aliphatic carbocycles. The molecule has 5 nitrogen and oxygen atoms in total. The molecule has 0 unspecified atom stereocenters. The van der Waals surface area contributed by atoms with E-state index in [2.05, 4.69) is 10.1 Å². The maximum atomic E-state index is 10.4. The van der Waals surface area contributed by atoms with E-state index in [0.717, 1.165) is 0 Å². The Hall–Kier alpha value is -2.48. The van der Waals surface area contributed by atoms with Crippen LogP contribution < -0.4 is 0 Å². The van der Waals surface area contributed by atoms with E-state index >= 15 is 0 Å². The van der Waals surface area contributed by atoms with E-state index in [1.807, 2.05) is 6.07 Å². The van der Waals surface area contributed by atoms with Crippen molar-refractivity contribution in [2.45, 2.75) is 0 Å². The molecule has 72 valence electrons. The Morgan fingerprint density at radius 1 is 1.53 bits per heavy atom. The molecule has 0 aliphatic rings. The molecule has 5 heteroatoms. The third-order valence-corrected chi connectivity index (χ3v) is 1.85. The first kappa shape index (κ1) is 9.09. The Balaban J connectivity index is 2.45. The summed E-state index contributed by atoms with van der Waals surface area (Å²) in [5, 5.41) is 12.6. The Morgan fingerprint density at radius 2 is 2.40 bits per heavy atom. The van der Waals surface area contributed by atoms with Crippen LogP contribution in [0.1, 0.15) is 15.9 Å². The molecule has 15 heavy (non-hydrogen) atoms. The van der Waals surface area contributed by atoms with Gasteiger partial charge in [-0.1, -0.05) is 0 Å². The highest BCUT2D eigenvalue weighted by molar-refractivity contribution is 5.73. The minimum atomic E-state index is 0.471. The zero-order valence-electron chi connectivity index (χ0n) is 7.66. The molecule has 0 amide bonds. The van der Waals surface area contributed by atoms with Crippen LogP contribution in [0.5, 0.6) is 0 Å². The molecule has 0 spiro atoms. The summed E-state index contributed by atoms with van der Waals surface area (Å²) in [7, 11) is 0. The maximum absolute atomic E-state index is 10.4. The van der Waals surface area contributed by atoms with Crippen LogP contribution in [0.2, 0.25) is 0 Å². The van der Waals surface area contributed by atoms with Gasteiger partial charge in [0.25, 0.3) is 0 Å². The highest BCUT2D eigenvalue weighted by Gasteiger charge is 2.01. The molecule has 0 atom stereocenters. The van der Waals surface area contributed by atoms with E-state index in [1.54, 1.807) is 18.3 Å². The monoisotopic (exact) mass is 198 g/mol. The fourth-order valence-corrected chi connectivity index (χ4v) is 1.14. The molecule has 0 radical (unpaired) electrons. The van der Waals surface area contributed by atoms with Gasteiger partial charge in [-0.2, -0.15) is 10.4 Å². The van der Waals surface area contributed by atoms with E-state index in [-0.39, 0.29) is 0 Å². The fourth-order valence-electron chi connectivity index (χ4n) is 1.14. The van der Waals surface area contributed by atoms with Gasteiger partial charge in [0.1, 0.15) is 0 Å². The number of nitrogens with zero attached hydrogens (tertiary/aromatic N) is 4. The molecule has 0 fully saturated rings. The van der Waals surface area contributed by atoms with Crippen LogP contribution in [-0.2, 0) is 0 Å². The van der Waals surface area contributed by atoms with E-state index in [1.165, 1.54) is 17.1 Å². The van der Waals surface area contributed by atoms with Crippen molar-refractivity contribution in [2.24, 2.45) is 0 Å². The second kappa shape index (κ2) is 3.72. The smallest absolute Gasteiger partial charge is 0.154 e. The van der Waals surface area contributed by atoms with E-state index < -0.39 is 0 Å². The van der Waals surface area contributed by atoms with Crippen LogP contribution in [0.4, 0.5) is 0 Å². The Kier molecular flexibility index (Phi) is 2.25. The van der Waals surface area contributed by atoms with Crippen molar-refractivity contribution >= 4 is 6.29 Å². The van der Waals surface area contributed by atoms with Gasteiger partial charge in [0.2, 0.25) is 0 Å². The van der Waals surface area contributed by atoms with Gasteiger partial charge in [0.05, 0.1) is 23.4 Å². The van der Waals surface area contributed by atoms with Gasteiger partial charge in [-0.3, -0.25) is 4.79 Å². The lowest BCUT2D eigenvalue weighted by Crippen LogP contribution is -1.97. The summed E-state index contributed by atoms with van der Waals surface area (Å²) < 4.78 is 1.45. The topological polar surface area (TPSA) is 71.6 Å². The van der Waals surface area contributed by atoms with Crippen molar-refractivity contribution in [3.63, 3.8) is 0 Å². The van der Waals surface area contributed by atoms with Gasteiger partial charge in [-0.05, 0) is 6.07 Å². The number of hydrogen-bond acceptors (Lipinski definition) is 4. The molecule has 0 saturated heterocycles. The normalized spacial score (nSPS) is 9.53. The molecule has 2 rings (SSSR count). The second-order valence-electron chi connectivity index (χ2n) is 2.85. The van der Waals surface area contributed by atoms with Gasteiger partial charge in [0, 0.05) is 18.5 Å². The summed E-state index contributed by atoms with van der Waals surface area (Å²) in [5.41, 5.74) is 0.974. The minimum absolute atomic E-state index is 0.471. The van der Waals surface area contributed by atoms with Gasteiger partial charge < -0.3 is 0 Å². The summed E-state index contributed by atoms with van der Waals surface area (Å²) in [6, 6.07) is 5.21. The second-order valence-corrected chi connectivity index (χ2v) is 2.85. The van der Waals surface area contributed by atoms with E-state index in [9.17, 15) is 4.79 Å². The van der Waals surface area contributed by atoms with Gasteiger partial charge in [0.15, 0.2) is 12.1 Å². The van der Waals surface area contributed by atoms with Crippen LogP contribution in [0, 0.1) is 11.3 Å². The summed E-state index contributed by atoms with van der Waals surface area (Å²) >= 11 is 0. The molecular weight excluding hydrogens is 192 g/mol. The lowest BCUT2D eigenvalue weighted by atomic mass is 10.3. The summed E-state index contributed by atoms with van der Waals surface area (Å²) in [6.07, 6.45) is 5.22. The van der Waals surface area contributed by atoms with Gasteiger partial charge in [-0.15, -0.1) is 0 Å². The van der Waals surface area contributed by atoms with E-state index in [4.69, 9.17) is 5.26 Å². The van der Waals surface area contributed by atoms with Crippen LogP contribution in [0.3, 0.4) is 0 Å². The van der Waals surface area contributed by atoms with Crippen molar-refractivity contribution in [2.75, 3.05) is 0 Å². The highest BCUT2D eigenvalue weighted by Crippen LogP contribution is 2.06. The summed E-state index contributed by atoms with van der Waals surface area (Å²) in [4.78, 5) is 14.5. The first-order valence-electron chi connectivity index (χ1n) is 4.20. The maximum Gasteiger partial charge on any atom is 0.154 e. The largest absolute Gasteiger partial charge is 0.298 e. The van der Waals surface area contributed by atoms with Crippen LogP contribution >= 0.6 is 0 Å². The van der Waals surface area contributed by atoms with Crippen molar-refractivity contribution in [3.05, 3.63) is 41.9 Å². The molecule has 0 N–H and O–H groups in total. The number of carbonyl (C=O) groups is 1. The number of aromatic nitrogens is 3. The molecule has 0 aliphatic heterocycles. The average Bonchev–Trinajstić information content (AvgIpc) is 2.78. The highest BCUT2D eigenvalue weighted by atomic mass is 16.1. The lowest BCUT2D eigenvalue weighted by Gasteiger charge is -1.98. The number of aldehydes is 1. The first-order chi connectivity index (χ1) is 7.33. The molecule has 2 aromatic rings. The van der Waals surface area contributed by atoms with Crippen molar-refractivity contribution < 1.29 is 4.79 Å². The third-order valence-electron chi connectivity index (χ3n) is 1.85. The van der Waals surface area contributed by atoms with Crippen LogP contribution in [0.15, 0.2) is 30.7 Å². The van der Waals surface area contributed by atoms with Crippen molar-refractivity contribution in [3.8, 4) is 11.9 Å². The van der Waals surface area contributed by atoms with Crippen molar-refractivity contribution in [1.82, 2.24) is 14.8 Å². The van der Waals surface area contributed by atoms with Gasteiger partial charge >= 0.3 is 0 Å². The SMILES string of the molecule is N#Cc1ccnc(-n2cc(C=O)cn2)c1. The Labute approximate surface area is 85.6 Å². The predicted octanol–water partition coefficient (Wildman–Crippen LogP) is 0.951. The number of rotatable bonds is 2. The molecule has 0 aromatic carbocycles. The number of hydrogen-bond donors (Lipinski definition) is 0. The Morgan fingerprint density at radius 3 is 3.07 bits per heavy atom. The van der Waals surface area contributed by atoms with Crippen LogP contribution in [0.25, 0.3) is 5.82 Å². The fraction of sp³-hybridized carbons (Fsp3) is 0. The standard InChI is InChI=1S/C10H6N4O/c11-4-8-1-2-12-10(3-8)14-6-9(7-15)5-13-14/h1-3,5-7H. The number of nitriles is 1. The predicted molar refractivity (Wildman–Crippen MR) is 51.5 cm³/mol. The van der Waals surface area contributed by atoms with E-state index in [0.29, 0.717) is 23.2 Å². The zero-order chi connectivity index (χ0) is 10.7. The summed E-state index contributed by atoms with van der Waals surface area (Å²) in [6.45, 7) is 0. The number of carbonyl (C=O) groups excluding carboxylic acids is 1. The minimum Gasteiger partial charge on any atom is -0.298 e.